The maximum absolute atomic E-state index is 11.0. The molecule has 0 bridgehead atoms. The monoisotopic (exact) mass is 215 g/mol. The third-order valence-electron chi connectivity index (χ3n) is 2.04. The fourth-order valence-corrected chi connectivity index (χ4v) is 1.31. The molecule has 1 aromatic rings. The van der Waals surface area contributed by atoms with Crippen molar-refractivity contribution < 1.29 is 4.74 Å². The third-order valence-corrected chi connectivity index (χ3v) is 2.34. The number of rotatable bonds is 4. The number of halogens is 1. The molecule has 1 heterocycles. The molecule has 0 aromatic carbocycles. The van der Waals surface area contributed by atoms with Crippen LogP contribution in [0.2, 0.25) is 5.02 Å². The van der Waals surface area contributed by atoms with Gasteiger partial charge >= 0.3 is 0 Å². The molecular formula is C10H14ClNO2. The minimum atomic E-state index is -0.199. The standard InChI is InChI=1S/C10H14ClNO2/c1-3-7(4-2)14-9-5-10(13)12-6-8(9)11/h5-7H,3-4H2,1-2H3,(H,12,13). The van der Waals surface area contributed by atoms with Crippen molar-refractivity contribution in [2.45, 2.75) is 32.8 Å². The van der Waals surface area contributed by atoms with Crippen molar-refractivity contribution >= 4 is 11.6 Å². The SMILES string of the molecule is CCC(CC)Oc1cc(=O)[nH]cc1Cl. The highest BCUT2D eigenvalue weighted by atomic mass is 35.5. The van der Waals surface area contributed by atoms with Crippen LogP contribution in [0.3, 0.4) is 0 Å². The van der Waals surface area contributed by atoms with E-state index in [1.54, 1.807) is 0 Å². The number of ether oxygens (including phenoxy) is 1. The summed E-state index contributed by atoms with van der Waals surface area (Å²) in [4.78, 5) is 13.5. The Balaban J connectivity index is 2.84. The number of hydrogen-bond acceptors (Lipinski definition) is 2. The van der Waals surface area contributed by atoms with Gasteiger partial charge < -0.3 is 9.72 Å². The molecule has 0 radical (unpaired) electrons. The summed E-state index contributed by atoms with van der Waals surface area (Å²) in [6.07, 6.45) is 3.37. The second-order valence-corrected chi connectivity index (χ2v) is 3.47. The Bertz CT molecular complexity index is 344. The quantitative estimate of drug-likeness (QED) is 0.839. The van der Waals surface area contributed by atoms with Crippen molar-refractivity contribution in [3.05, 3.63) is 27.6 Å². The summed E-state index contributed by atoms with van der Waals surface area (Å²) in [5.74, 6) is 0.462. The maximum atomic E-state index is 11.0. The molecule has 1 N–H and O–H groups in total. The lowest BCUT2D eigenvalue weighted by molar-refractivity contribution is 0.192. The molecule has 0 aliphatic rings. The molecule has 78 valence electrons. The average Bonchev–Trinajstić information content (AvgIpc) is 2.19. The molecule has 0 aliphatic carbocycles. The van der Waals surface area contributed by atoms with Crippen molar-refractivity contribution in [2.24, 2.45) is 0 Å². The predicted molar refractivity (Wildman–Crippen MR) is 57.1 cm³/mol. The number of pyridine rings is 1. The van der Waals surface area contributed by atoms with Crippen LogP contribution in [0.15, 0.2) is 17.1 Å². The van der Waals surface area contributed by atoms with Gasteiger partial charge in [-0.15, -0.1) is 0 Å². The highest BCUT2D eigenvalue weighted by molar-refractivity contribution is 6.31. The van der Waals surface area contributed by atoms with Crippen molar-refractivity contribution in [2.75, 3.05) is 0 Å². The Kier molecular flexibility index (Phi) is 4.01. The van der Waals surface area contributed by atoms with Crippen LogP contribution >= 0.6 is 11.6 Å². The molecule has 0 amide bonds. The number of aromatic amines is 1. The van der Waals surface area contributed by atoms with E-state index < -0.39 is 0 Å². The summed E-state index contributed by atoms with van der Waals surface area (Å²) in [7, 11) is 0. The van der Waals surface area contributed by atoms with Gasteiger partial charge in [-0.1, -0.05) is 25.4 Å². The summed E-state index contributed by atoms with van der Waals surface area (Å²) >= 11 is 5.86. The van der Waals surface area contributed by atoms with E-state index in [9.17, 15) is 4.79 Å². The first-order chi connectivity index (χ1) is 6.67. The van der Waals surface area contributed by atoms with E-state index in [0.717, 1.165) is 12.8 Å². The molecule has 4 heteroatoms. The number of nitrogens with one attached hydrogen (secondary N) is 1. The van der Waals surface area contributed by atoms with Crippen molar-refractivity contribution in [3.8, 4) is 5.75 Å². The van der Waals surface area contributed by atoms with Crippen molar-refractivity contribution in [1.29, 1.82) is 0 Å². The Morgan fingerprint density at radius 1 is 1.50 bits per heavy atom. The normalized spacial score (nSPS) is 10.6. The van der Waals surface area contributed by atoms with E-state index in [0.29, 0.717) is 10.8 Å². The lowest BCUT2D eigenvalue weighted by atomic mass is 10.2. The van der Waals surface area contributed by atoms with Gasteiger partial charge in [0.25, 0.3) is 5.56 Å². The van der Waals surface area contributed by atoms with Crippen molar-refractivity contribution in [1.82, 2.24) is 4.98 Å². The van der Waals surface area contributed by atoms with Gasteiger partial charge in [0, 0.05) is 12.3 Å². The van der Waals surface area contributed by atoms with E-state index >= 15 is 0 Å². The average molecular weight is 216 g/mol. The van der Waals surface area contributed by atoms with Gasteiger partial charge in [-0.3, -0.25) is 4.79 Å². The Morgan fingerprint density at radius 2 is 2.14 bits per heavy atom. The van der Waals surface area contributed by atoms with Crippen LogP contribution in [0.4, 0.5) is 0 Å². The number of hydrogen-bond donors (Lipinski definition) is 1. The Hall–Kier alpha value is -0.960. The molecule has 0 spiro atoms. The number of H-pyrrole nitrogens is 1. The van der Waals surface area contributed by atoms with E-state index in [4.69, 9.17) is 16.3 Å². The largest absolute Gasteiger partial charge is 0.489 e. The highest BCUT2D eigenvalue weighted by Gasteiger charge is 2.08. The van der Waals surface area contributed by atoms with Gasteiger partial charge in [0.1, 0.15) is 5.75 Å². The first-order valence-corrected chi connectivity index (χ1v) is 5.10. The molecule has 0 unspecified atom stereocenters. The van der Waals surface area contributed by atoms with Gasteiger partial charge in [0.05, 0.1) is 11.1 Å². The molecule has 0 fully saturated rings. The predicted octanol–water partition coefficient (Wildman–Crippen LogP) is 2.60. The molecule has 1 rings (SSSR count). The molecule has 0 atom stereocenters. The minimum Gasteiger partial charge on any atom is -0.489 e. The van der Waals surface area contributed by atoms with Crippen LogP contribution in [0.5, 0.6) is 5.75 Å². The van der Waals surface area contributed by atoms with Gasteiger partial charge in [-0.25, -0.2) is 0 Å². The highest BCUT2D eigenvalue weighted by Crippen LogP contribution is 2.22. The lowest BCUT2D eigenvalue weighted by Gasteiger charge is -2.15. The zero-order chi connectivity index (χ0) is 10.6. The topological polar surface area (TPSA) is 42.1 Å². The van der Waals surface area contributed by atoms with E-state index in [1.165, 1.54) is 12.3 Å². The molecule has 0 saturated carbocycles. The minimum absolute atomic E-state index is 0.120. The fraction of sp³-hybridized carbons (Fsp3) is 0.500. The Morgan fingerprint density at radius 3 is 2.71 bits per heavy atom. The van der Waals surface area contributed by atoms with Crippen molar-refractivity contribution in [3.63, 3.8) is 0 Å². The van der Waals surface area contributed by atoms with E-state index in [2.05, 4.69) is 4.98 Å². The zero-order valence-electron chi connectivity index (χ0n) is 8.34. The van der Waals surface area contributed by atoms with Crippen LogP contribution < -0.4 is 10.3 Å². The summed E-state index contributed by atoms with van der Waals surface area (Å²) < 4.78 is 5.57. The molecular weight excluding hydrogens is 202 g/mol. The second kappa shape index (κ2) is 5.05. The fourth-order valence-electron chi connectivity index (χ4n) is 1.16. The van der Waals surface area contributed by atoms with Gasteiger partial charge in [0.2, 0.25) is 0 Å². The van der Waals surface area contributed by atoms with Gasteiger partial charge in [0.15, 0.2) is 0 Å². The van der Waals surface area contributed by atoms with Crippen LogP contribution in [0.25, 0.3) is 0 Å². The third kappa shape index (κ3) is 2.77. The van der Waals surface area contributed by atoms with Crippen LogP contribution in [0, 0.1) is 0 Å². The second-order valence-electron chi connectivity index (χ2n) is 3.07. The zero-order valence-corrected chi connectivity index (χ0v) is 9.10. The first-order valence-electron chi connectivity index (χ1n) is 4.72. The first kappa shape index (κ1) is 11.1. The van der Waals surface area contributed by atoms with E-state index in [-0.39, 0.29) is 11.7 Å². The maximum Gasteiger partial charge on any atom is 0.251 e. The molecule has 3 nitrogen and oxygen atoms in total. The summed E-state index contributed by atoms with van der Waals surface area (Å²) in [5.41, 5.74) is -0.199. The van der Waals surface area contributed by atoms with E-state index in [1.807, 2.05) is 13.8 Å². The van der Waals surface area contributed by atoms with Gasteiger partial charge in [-0.2, -0.15) is 0 Å². The molecule has 14 heavy (non-hydrogen) atoms. The molecule has 0 aliphatic heterocycles. The van der Waals surface area contributed by atoms with Crippen LogP contribution in [-0.2, 0) is 0 Å². The summed E-state index contributed by atoms with van der Waals surface area (Å²) in [5, 5.41) is 0.441. The van der Waals surface area contributed by atoms with Crippen LogP contribution in [0.1, 0.15) is 26.7 Å². The molecule has 1 aromatic heterocycles. The lowest BCUT2D eigenvalue weighted by Crippen LogP contribution is -2.15. The summed E-state index contributed by atoms with van der Waals surface area (Å²) in [6.45, 7) is 4.07. The molecule has 0 saturated heterocycles. The smallest absolute Gasteiger partial charge is 0.251 e. The van der Waals surface area contributed by atoms with Crippen LogP contribution in [-0.4, -0.2) is 11.1 Å². The Labute approximate surface area is 88.1 Å². The van der Waals surface area contributed by atoms with Gasteiger partial charge in [-0.05, 0) is 12.8 Å². The summed E-state index contributed by atoms with van der Waals surface area (Å²) in [6, 6.07) is 1.38. The number of aromatic nitrogens is 1.